The van der Waals surface area contributed by atoms with Gasteiger partial charge in [0.15, 0.2) is 15.5 Å². The van der Waals surface area contributed by atoms with E-state index >= 15 is 0 Å². The summed E-state index contributed by atoms with van der Waals surface area (Å²) in [6.07, 6.45) is 0. The van der Waals surface area contributed by atoms with E-state index < -0.39 is 27.1 Å². The Morgan fingerprint density at radius 2 is 1.69 bits per heavy atom. The van der Waals surface area contributed by atoms with Gasteiger partial charge in [-0.05, 0) is 47.5 Å². The number of aromatic amines is 1. The molecule has 11 heteroatoms. The number of carbonyl (C=O) groups excluding carboxylic acids is 1. The smallest absolute Gasteiger partial charge is 0.279 e. The lowest BCUT2D eigenvalue weighted by Crippen LogP contribution is -2.38. The number of nitrogens with one attached hydrogen (secondary N) is 1. The van der Waals surface area contributed by atoms with Gasteiger partial charge >= 0.3 is 0 Å². The highest BCUT2D eigenvalue weighted by Gasteiger charge is 2.28. The maximum absolute atomic E-state index is 13.7. The van der Waals surface area contributed by atoms with Gasteiger partial charge in [0, 0.05) is 36.6 Å². The van der Waals surface area contributed by atoms with Gasteiger partial charge in [-0.1, -0.05) is 48.0 Å². The lowest BCUT2D eigenvalue weighted by Gasteiger charge is -2.26. The highest BCUT2D eigenvalue weighted by molar-refractivity contribution is 7.91. The number of aromatic nitrogens is 2. The van der Waals surface area contributed by atoms with Gasteiger partial charge in [0.05, 0.1) is 23.6 Å². The van der Waals surface area contributed by atoms with Crippen LogP contribution in [-0.2, 0) is 27.7 Å². The quantitative estimate of drug-likeness (QED) is 0.347. The normalized spacial score (nSPS) is 14.4. The number of morpholine rings is 1. The molecule has 1 fully saturated rings. The van der Waals surface area contributed by atoms with E-state index in [9.17, 15) is 18.0 Å². The molecular formula is C28H27ClN4O5S. The van der Waals surface area contributed by atoms with Gasteiger partial charge in [-0.2, -0.15) is 5.10 Å². The van der Waals surface area contributed by atoms with Crippen LogP contribution in [0.5, 0.6) is 0 Å². The zero-order valence-corrected chi connectivity index (χ0v) is 22.6. The Morgan fingerprint density at radius 1 is 1.00 bits per heavy atom. The number of hydrogen-bond donors (Lipinski definition) is 1. The molecule has 0 radical (unpaired) electrons. The summed E-state index contributed by atoms with van der Waals surface area (Å²) in [6.45, 7) is 3.49. The Bertz CT molecular complexity index is 1640. The highest BCUT2D eigenvalue weighted by atomic mass is 35.5. The molecule has 202 valence electrons. The molecule has 9 nitrogen and oxygen atoms in total. The van der Waals surface area contributed by atoms with Crippen LogP contribution in [0.3, 0.4) is 0 Å². The third kappa shape index (κ3) is 6.36. The van der Waals surface area contributed by atoms with Crippen LogP contribution in [0.2, 0.25) is 5.02 Å². The molecule has 0 unspecified atom stereocenters. The van der Waals surface area contributed by atoms with Crippen LogP contribution in [-0.4, -0.2) is 66.5 Å². The van der Waals surface area contributed by atoms with Gasteiger partial charge in [-0.25, -0.2) is 8.42 Å². The van der Waals surface area contributed by atoms with Crippen LogP contribution in [0.1, 0.15) is 21.6 Å². The molecule has 0 saturated carbocycles. The standard InChI is InChI=1S/C28H27ClN4O5S/c29-22-9-6-20(7-10-22)18-33(19-39(36,37)23-4-2-1-3-5-23)28(35)26-27(34)24-16-21(8-11-25(24)30-31-26)17-32-12-14-38-15-13-32/h1-11,16H,12-15,17-19H2,(H,30,34). The molecule has 0 bridgehead atoms. The van der Waals surface area contributed by atoms with Crippen molar-refractivity contribution in [2.24, 2.45) is 0 Å². The fourth-order valence-corrected chi connectivity index (χ4v) is 5.94. The summed E-state index contributed by atoms with van der Waals surface area (Å²) in [6, 6.07) is 20.0. The van der Waals surface area contributed by atoms with Crippen molar-refractivity contribution in [2.75, 3.05) is 32.2 Å². The number of carbonyl (C=O) groups is 1. The van der Waals surface area contributed by atoms with Crippen molar-refractivity contribution in [3.8, 4) is 0 Å². The summed E-state index contributed by atoms with van der Waals surface area (Å²) >= 11 is 6.00. The molecular weight excluding hydrogens is 540 g/mol. The van der Waals surface area contributed by atoms with E-state index in [1.54, 1.807) is 54.6 Å². The van der Waals surface area contributed by atoms with Crippen LogP contribution in [0.15, 0.2) is 82.5 Å². The second kappa shape index (κ2) is 11.7. The first-order valence-electron chi connectivity index (χ1n) is 12.4. The maximum Gasteiger partial charge on any atom is 0.279 e. The van der Waals surface area contributed by atoms with E-state index in [4.69, 9.17) is 16.3 Å². The number of H-pyrrole nitrogens is 1. The topological polar surface area (TPSA) is 113 Å². The molecule has 1 aliphatic heterocycles. The number of fused-ring (bicyclic) bond motifs is 1. The second-order valence-corrected chi connectivity index (χ2v) is 11.8. The van der Waals surface area contributed by atoms with Crippen LogP contribution in [0.25, 0.3) is 10.9 Å². The average Bonchev–Trinajstić information content (AvgIpc) is 2.95. The third-order valence-electron chi connectivity index (χ3n) is 6.55. The van der Waals surface area contributed by atoms with Crippen molar-refractivity contribution >= 4 is 38.2 Å². The van der Waals surface area contributed by atoms with Crippen LogP contribution in [0.4, 0.5) is 0 Å². The maximum atomic E-state index is 13.7. The van der Waals surface area contributed by atoms with E-state index in [-0.39, 0.29) is 17.1 Å². The molecule has 1 aromatic heterocycles. The largest absolute Gasteiger partial charge is 0.379 e. The zero-order chi connectivity index (χ0) is 27.4. The number of sulfone groups is 1. The van der Waals surface area contributed by atoms with Gasteiger partial charge in [0.25, 0.3) is 5.91 Å². The first-order chi connectivity index (χ1) is 18.8. The van der Waals surface area contributed by atoms with Crippen molar-refractivity contribution in [3.05, 3.63) is 105 Å². The van der Waals surface area contributed by atoms with E-state index in [1.807, 2.05) is 6.07 Å². The molecule has 2 heterocycles. The van der Waals surface area contributed by atoms with Crippen molar-refractivity contribution < 1.29 is 17.9 Å². The molecule has 5 rings (SSSR count). The molecule has 1 amide bonds. The van der Waals surface area contributed by atoms with E-state index in [0.717, 1.165) is 23.6 Å². The number of rotatable bonds is 8. The van der Waals surface area contributed by atoms with Crippen molar-refractivity contribution in [1.82, 2.24) is 20.0 Å². The molecule has 1 N–H and O–H groups in total. The Kier molecular flexibility index (Phi) is 8.08. The predicted molar refractivity (Wildman–Crippen MR) is 148 cm³/mol. The van der Waals surface area contributed by atoms with Gasteiger partial charge in [-0.15, -0.1) is 0 Å². The Balaban J connectivity index is 1.49. The second-order valence-electron chi connectivity index (χ2n) is 9.36. The molecule has 4 aromatic rings. The molecule has 0 spiro atoms. The third-order valence-corrected chi connectivity index (χ3v) is 8.44. The number of amides is 1. The molecule has 3 aromatic carbocycles. The van der Waals surface area contributed by atoms with E-state index in [2.05, 4.69) is 15.1 Å². The lowest BCUT2D eigenvalue weighted by atomic mass is 10.1. The minimum Gasteiger partial charge on any atom is -0.379 e. The van der Waals surface area contributed by atoms with E-state index in [0.29, 0.717) is 41.2 Å². The van der Waals surface area contributed by atoms with E-state index in [1.165, 1.54) is 12.1 Å². The highest BCUT2D eigenvalue weighted by Crippen LogP contribution is 2.18. The lowest BCUT2D eigenvalue weighted by molar-refractivity contribution is 0.0342. The fourth-order valence-electron chi connectivity index (χ4n) is 4.48. The Hall–Kier alpha value is -3.57. The van der Waals surface area contributed by atoms with Crippen molar-refractivity contribution in [1.29, 1.82) is 0 Å². The number of hydrogen-bond acceptors (Lipinski definition) is 7. The molecule has 1 saturated heterocycles. The Labute approximate surface area is 230 Å². The molecule has 1 aliphatic rings. The van der Waals surface area contributed by atoms with Crippen LogP contribution < -0.4 is 5.43 Å². The van der Waals surface area contributed by atoms with Gasteiger partial charge in [0.1, 0.15) is 5.88 Å². The summed E-state index contributed by atoms with van der Waals surface area (Å²) in [5.74, 6) is -1.42. The van der Waals surface area contributed by atoms with Gasteiger partial charge in [0.2, 0.25) is 5.43 Å². The predicted octanol–water partition coefficient (Wildman–Crippen LogP) is 3.48. The number of halogens is 1. The number of nitrogens with zero attached hydrogens (tertiary/aromatic N) is 3. The average molecular weight is 567 g/mol. The Morgan fingerprint density at radius 3 is 2.41 bits per heavy atom. The summed E-state index contributed by atoms with van der Waals surface area (Å²) in [4.78, 5) is 30.7. The number of ether oxygens (including phenoxy) is 1. The SMILES string of the molecule is O=C(c1n[nH]c2ccc(CN3CCOCC3)cc2c1=O)N(Cc1ccc(Cl)cc1)CS(=O)(=O)c1ccccc1. The molecule has 39 heavy (non-hydrogen) atoms. The summed E-state index contributed by atoms with van der Waals surface area (Å²) < 4.78 is 31.8. The van der Waals surface area contributed by atoms with Crippen molar-refractivity contribution in [3.63, 3.8) is 0 Å². The monoisotopic (exact) mass is 566 g/mol. The van der Waals surface area contributed by atoms with Crippen LogP contribution in [0, 0.1) is 0 Å². The summed E-state index contributed by atoms with van der Waals surface area (Å²) in [5.41, 5.74) is 1.13. The van der Waals surface area contributed by atoms with Gasteiger partial charge < -0.3 is 9.64 Å². The zero-order valence-electron chi connectivity index (χ0n) is 21.0. The van der Waals surface area contributed by atoms with Gasteiger partial charge in [-0.3, -0.25) is 19.6 Å². The summed E-state index contributed by atoms with van der Waals surface area (Å²) in [7, 11) is -3.90. The summed E-state index contributed by atoms with van der Waals surface area (Å²) in [5, 5.41) is 7.68. The minimum absolute atomic E-state index is 0.0572. The van der Waals surface area contributed by atoms with Crippen LogP contribution >= 0.6 is 11.6 Å². The molecule has 0 atom stereocenters. The molecule has 0 aliphatic carbocycles. The first-order valence-corrected chi connectivity index (χ1v) is 14.5. The number of benzene rings is 3. The first kappa shape index (κ1) is 27.0. The fraction of sp³-hybridized carbons (Fsp3) is 0.250. The van der Waals surface area contributed by atoms with Crippen molar-refractivity contribution in [2.45, 2.75) is 18.0 Å². The minimum atomic E-state index is -3.90.